The molecule has 0 aromatic heterocycles. The van der Waals surface area contributed by atoms with Gasteiger partial charge in [0.15, 0.2) is 0 Å². The third kappa shape index (κ3) is 2.70. The summed E-state index contributed by atoms with van der Waals surface area (Å²) in [5, 5.41) is 9.48. The van der Waals surface area contributed by atoms with Gasteiger partial charge in [-0.3, -0.25) is 9.69 Å². The Kier molecular flexibility index (Phi) is 3.31. The molecule has 1 aromatic carbocycles. The van der Waals surface area contributed by atoms with Gasteiger partial charge >= 0.3 is 5.97 Å². The van der Waals surface area contributed by atoms with Crippen LogP contribution in [0.1, 0.15) is 18.4 Å². The molecule has 2 aliphatic rings. The van der Waals surface area contributed by atoms with Crippen LogP contribution in [-0.4, -0.2) is 40.4 Å². The van der Waals surface area contributed by atoms with Crippen LogP contribution in [-0.2, 0) is 11.2 Å². The molecule has 18 heavy (non-hydrogen) atoms. The molecule has 3 nitrogen and oxygen atoms in total. The first-order valence-corrected chi connectivity index (χ1v) is 7.31. The minimum atomic E-state index is -0.706. The molecule has 0 spiro atoms. The smallest absolute Gasteiger partial charge is 0.317 e. The van der Waals surface area contributed by atoms with Crippen LogP contribution < -0.4 is 0 Å². The lowest BCUT2D eigenvalue weighted by molar-refractivity contribution is -0.138. The van der Waals surface area contributed by atoms with Crippen molar-refractivity contribution in [2.45, 2.75) is 35.4 Å². The molecular weight excluding hydrogens is 246 g/mol. The maximum absolute atomic E-state index is 10.9. The van der Waals surface area contributed by atoms with Crippen molar-refractivity contribution in [1.82, 2.24) is 4.90 Å². The number of aliphatic carboxylic acids is 1. The lowest BCUT2D eigenvalue weighted by Crippen LogP contribution is -2.36. The zero-order chi connectivity index (χ0) is 12.5. The minimum Gasteiger partial charge on any atom is -0.480 e. The topological polar surface area (TPSA) is 40.5 Å². The number of hydrogen-bond acceptors (Lipinski definition) is 3. The van der Waals surface area contributed by atoms with Crippen LogP contribution in [0.2, 0.25) is 0 Å². The van der Waals surface area contributed by atoms with Crippen LogP contribution in [0, 0.1) is 0 Å². The average Bonchev–Trinajstić information content (AvgIpc) is 3.08. The molecule has 1 N–H and O–H groups in total. The summed E-state index contributed by atoms with van der Waals surface area (Å²) in [6.45, 7) is 1.09. The van der Waals surface area contributed by atoms with Gasteiger partial charge in [0, 0.05) is 22.7 Å². The molecule has 1 unspecified atom stereocenters. The van der Waals surface area contributed by atoms with Gasteiger partial charge in [-0.2, -0.15) is 0 Å². The zero-order valence-electron chi connectivity index (χ0n) is 10.2. The fourth-order valence-corrected chi connectivity index (χ4v) is 3.92. The Morgan fingerprint density at radius 3 is 2.83 bits per heavy atom. The largest absolute Gasteiger partial charge is 0.480 e. The number of fused-ring (bicyclic) bond motifs is 1. The van der Waals surface area contributed by atoms with Gasteiger partial charge in [-0.25, -0.2) is 0 Å². The second kappa shape index (κ2) is 4.94. The number of nitrogens with zero attached hydrogens (tertiary/aromatic N) is 1. The first-order valence-electron chi connectivity index (χ1n) is 6.43. The van der Waals surface area contributed by atoms with Crippen molar-refractivity contribution in [3.05, 3.63) is 29.8 Å². The van der Waals surface area contributed by atoms with E-state index < -0.39 is 5.97 Å². The summed E-state index contributed by atoms with van der Waals surface area (Å²) in [5.41, 5.74) is 1.42. The molecule has 0 saturated heterocycles. The van der Waals surface area contributed by atoms with Crippen LogP contribution in [0.3, 0.4) is 0 Å². The van der Waals surface area contributed by atoms with Crippen molar-refractivity contribution in [3.8, 4) is 0 Å². The molecule has 1 aliphatic carbocycles. The molecule has 0 amide bonds. The summed E-state index contributed by atoms with van der Waals surface area (Å²) in [6, 6.07) is 9.02. The molecule has 1 atom stereocenters. The maximum Gasteiger partial charge on any atom is 0.317 e. The van der Waals surface area contributed by atoms with Crippen LogP contribution in [0.15, 0.2) is 29.2 Å². The van der Waals surface area contributed by atoms with Crippen molar-refractivity contribution < 1.29 is 9.90 Å². The van der Waals surface area contributed by atoms with Gasteiger partial charge in [-0.1, -0.05) is 18.2 Å². The van der Waals surface area contributed by atoms with E-state index in [2.05, 4.69) is 29.2 Å². The molecule has 1 saturated carbocycles. The molecule has 0 radical (unpaired) electrons. The normalized spacial score (nSPS) is 22.2. The van der Waals surface area contributed by atoms with Crippen molar-refractivity contribution in [3.63, 3.8) is 0 Å². The fraction of sp³-hybridized carbons (Fsp3) is 0.500. The van der Waals surface area contributed by atoms with Gasteiger partial charge in [-0.05, 0) is 30.9 Å². The van der Waals surface area contributed by atoms with Gasteiger partial charge in [-0.15, -0.1) is 11.8 Å². The van der Waals surface area contributed by atoms with E-state index in [1.165, 1.54) is 10.5 Å². The predicted molar refractivity (Wildman–Crippen MR) is 72.0 cm³/mol. The first-order chi connectivity index (χ1) is 8.72. The summed E-state index contributed by atoms with van der Waals surface area (Å²) in [6.07, 6.45) is 3.40. The third-order valence-corrected chi connectivity index (χ3v) is 4.85. The number of carbonyl (C=O) groups is 1. The lowest BCUT2D eigenvalue weighted by Gasteiger charge is -2.22. The number of carboxylic acid groups (broad SMARTS) is 1. The lowest BCUT2D eigenvalue weighted by atomic mass is 10.1. The molecular formula is C14H17NO2S. The van der Waals surface area contributed by atoms with Gasteiger partial charge in [0.25, 0.3) is 0 Å². The Hall–Kier alpha value is -1.00. The number of hydrogen-bond donors (Lipinski definition) is 1. The van der Waals surface area contributed by atoms with Crippen molar-refractivity contribution in [1.29, 1.82) is 0 Å². The van der Waals surface area contributed by atoms with Gasteiger partial charge in [0.1, 0.15) is 0 Å². The van der Waals surface area contributed by atoms with E-state index in [1.54, 1.807) is 0 Å². The highest BCUT2D eigenvalue weighted by molar-refractivity contribution is 8.00. The standard InChI is InChI=1S/C14H17NO2S/c16-14(17)9-15(11-5-6-11)8-12-7-10-3-1-2-4-13(10)18-12/h1-4,11-12H,5-9H2,(H,16,17). The summed E-state index contributed by atoms with van der Waals surface area (Å²) in [4.78, 5) is 14.4. The van der Waals surface area contributed by atoms with Crippen LogP contribution in [0.4, 0.5) is 0 Å². The number of rotatable bonds is 5. The Morgan fingerprint density at radius 2 is 2.17 bits per heavy atom. The molecule has 1 aromatic rings. The number of carboxylic acids is 1. The zero-order valence-corrected chi connectivity index (χ0v) is 11.0. The summed E-state index contributed by atoms with van der Waals surface area (Å²) >= 11 is 1.90. The maximum atomic E-state index is 10.9. The van der Waals surface area contributed by atoms with Crippen LogP contribution in [0.25, 0.3) is 0 Å². The van der Waals surface area contributed by atoms with E-state index in [0.717, 1.165) is 25.8 Å². The molecule has 96 valence electrons. The van der Waals surface area contributed by atoms with Gasteiger partial charge < -0.3 is 5.11 Å². The van der Waals surface area contributed by atoms with E-state index in [-0.39, 0.29) is 6.54 Å². The predicted octanol–water partition coefficient (Wildman–Crippen LogP) is 2.25. The monoisotopic (exact) mass is 263 g/mol. The summed E-state index contributed by atoms with van der Waals surface area (Å²) < 4.78 is 0. The van der Waals surface area contributed by atoms with E-state index in [4.69, 9.17) is 5.11 Å². The highest BCUT2D eigenvalue weighted by Crippen LogP contribution is 2.38. The Morgan fingerprint density at radius 1 is 1.39 bits per heavy atom. The molecule has 0 bridgehead atoms. The van der Waals surface area contributed by atoms with Gasteiger partial charge in [0.05, 0.1) is 6.54 Å². The fourth-order valence-electron chi connectivity index (χ4n) is 2.57. The quantitative estimate of drug-likeness (QED) is 0.884. The highest BCUT2D eigenvalue weighted by atomic mass is 32.2. The Labute approximate surface area is 111 Å². The molecule has 1 heterocycles. The second-order valence-electron chi connectivity index (χ2n) is 5.11. The van der Waals surface area contributed by atoms with E-state index >= 15 is 0 Å². The van der Waals surface area contributed by atoms with Gasteiger partial charge in [0.2, 0.25) is 0 Å². The summed E-state index contributed by atoms with van der Waals surface area (Å²) in [5.74, 6) is -0.706. The Balaban J connectivity index is 1.62. The van der Waals surface area contributed by atoms with E-state index in [1.807, 2.05) is 11.8 Å². The van der Waals surface area contributed by atoms with Crippen LogP contribution >= 0.6 is 11.8 Å². The molecule has 1 aliphatic heterocycles. The van der Waals surface area contributed by atoms with Crippen molar-refractivity contribution in [2.75, 3.05) is 13.1 Å². The van der Waals surface area contributed by atoms with Crippen LogP contribution in [0.5, 0.6) is 0 Å². The molecule has 3 rings (SSSR count). The highest BCUT2D eigenvalue weighted by Gasteiger charge is 2.33. The molecule has 4 heteroatoms. The number of benzene rings is 1. The van der Waals surface area contributed by atoms with E-state index in [9.17, 15) is 4.79 Å². The minimum absolute atomic E-state index is 0.193. The second-order valence-corrected chi connectivity index (χ2v) is 6.45. The third-order valence-electron chi connectivity index (χ3n) is 3.55. The number of thioether (sulfide) groups is 1. The first kappa shape index (κ1) is 12.1. The SMILES string of the molecule is O=C(O)CN(CC1Cc2ccccc2S1)C1CC1. The van der Waals surface area contributed by atoms with E-state index in [0.29, 0.717) is 11.3 Å². The average molecular weight is 263 g/mol. The van der Waals surface area contributed by atoms with Crippen molar-refractivity contribution >= 4 is 17.7 Å². The molecule has 1 fully saturated rings. The Bertz CT molecular complexity index is 434. The summed E-state index contributed by atoms with van der Waals surface area (Å²) in [7, 11) is 0. The van der Waals surface area contributed by atoms with Crippen molar-refractivity contribution in [2.24, 2.45) is 0 Å².